The minimum Gasteiger partial charge on any atom is -0.497 e. The summed E-state index contributed by atoms with van der Waals surface area (Å²) in [5, 5.41) is 4.00. The molecule has 1 amide bonds. The molecule has 0 saturated heterocycles. The molecule has 0 saturated carbocycles. The Hall–Kier alpha value is -3.74. The quantitative estimate of drug-likeness (QED) is 0.468. The SMILES string of the molecule is CCCOc1cccc(/C=N/NC(=O)c2cncc(-c3ccc(OC)cc3)n2)c1. The molecule has 0 aliphatic rings. The Morgan fingerprint density at radius 1 is 1.14 bits per heavy atom. The van der Waals surface area contributed by atoms with Gasteiger partial charge in [0.05, 0.1) is 38.0 Å². The largest absolute Gasteiger partial charge is 0.497 e. The lowest BCUT2D eigenvalue weighted by Crippen LogP contribution is -2.19. The van der Waals surface area contributed by atoms with Gasteiger partial charge in [-0.3, -0.25) is 9.78 Å². The zero-order valence-corrected chi connectivity index (χ0v) is 16.3. The number of nitrogens with zero attached hydrogens (tertiary/aromatic N) is 3. The van der Waals surface area contributed by atoms with Crippen molar-refractivity contribution < 1.29 is 14.3 Å². The molecule has 1 heterocycles. The fourth-order valence-corrected chi connectivity index (χ4v) is 2.50. The Morgan fingerprint density at radius 2 is 1.97 bits per heavy atom. The average Bonchev–Trinajstić information content (AvgIpc) is 2.78. The van der Waals surface area contributed by atoms with Crippen molar-refractivity contribution >= 4 is 12.1 Å². The molecule has 0 atom stereocenters. The van der Waals surface area contributed by atoms with Crippen LogP contribution in [0.5, 0.6) is 11.5 Å². The topological polar surface area (TPSA) is 85.7 Å². The Morgan fingerprint density at radius 3 is 2.72 bits per heavy atom. The molecule has 0 aliphatic carbocycles. The summed E-state index contributed by atoms with van der Waals surface area (Å²) in [6.45, 7) is 2.70. The van der Waals surface area contributed by atoms with Crippen molar-refractivity contribution in [3.8, 4) is 22.8 Å². The van der Waals surface area contributed by atoms with Gasteiger partial charge in [-0.05, 0) is 48.4 Å². The van der Waals surface area contributed by atoms with Gasteiger partial charge in [-0.25, -0.2) is 10.4 Å². The van der Waals surface area contributed by atoms with E-state index in [1.165, 1.54) is 6.20 Å². The molecule has 0 aliphatic heterocycles. The summed E-state index contributed by atoms with van der Waals surface area (Å²) in [5.74, 6) is 1.07. The highest BCUT2D eigenvalue weighted by Crippen LogP contribution is 2.20. The summed E-state index contributed by atoms with van der Waals surface area (Å²) in [7, 11) is 1.61. The van der Waals surface area contributed by atoms with E-state index in [9.17, 15) is 4.79 Å². The van der Waals surface area contributed by atoms with Crippen LogP contribution in [-0.2, 0) is 0 Å². The first-order valence-corrected chi connectivity index (χ1v) is 9.22. The smallest absolute Gasteiger partial charge is 0.291 e. The van der Waals surface area contributed by atoms with Gasteiger partial charge in [-0.2, -0.15) is 5.10 Å². The van der Waals surface area contributed by atoms with E-state index >= 15 is 0 Å². The minimum atomic E-state index is -0.442. The molecular weight excluding hydrogens is 368 g/mol. The second kappa shape index (κ2) is 9.98. The standard InChI is InChI=1S/C22H22N4O3/c1-3-11-29-19-6-4-5-16(12-19)13-24-26-22(27)21-15-23-14-20(25-21)17-7-9-18(28-2)10-8-17/h4-10,12-15H,3,11H2,1-2H3,(H,26,27)/b24-13+. The number of benzene rings is 2. The molecule has 7 heteroatoms. The number of hydrazone groups is 1. The number of rotatable bonds is 8. The van der Waals surface area contributed by atoms with Crippen LogP contribution < -0.4 is 14.9 Å². The fraction of sp³-hybridized carbons (Fsp3) is 0.182. The number of amides is 1. The lowest BCUT2D eigenvalue weighted by molar-refractivity contribution is 0.0950. The fourth-order valence-electron chi connectivity index (χ4n) is 2.50. The van der Waals surface area contributed by atoms with Crippen LogP contribution >= 0.6 is 0 Å². The van der Waals surface area contributed by atoms with E-state index < -0.39 is 5.91 Å². The van der Waals surface area contributed by atoms with E-state index in [0.717, 1.165) is 29.0 Å². The van der Waals surface area contributed by atoms with Gasteiger partial charge in [0.2, 0.25) is 0 Å². The number of methoxy groups -OCH3 is 1. The van der Waals surface area contributed by atoms with Crippen LogP contribution in [0, 0.1) is 0 Å². The van der Waals surface area contributed by atoms with E-state index in [-0.39, 0.29) is 5.69 Å². The molecule has 2 aromatic carbocycles. The third kappa shape index (κ3) is 5.62. The van der Waals surface area contributed by atoms with Crippen LogP contribution in [0.15, 0.2) is 66.0 Å². The first kappa shape index (κ1) is 20.0. The number of aromatic nitrogens is 2. The molecule has 29 heavy (non-hydrogen) atoms. The number of ether oxygens (including phenoxy) is 2. The van der Waals surface area contributed by atoms with E-state index in [0.29, 0.717) is 12.3 Å². The maximum absolute atomic E-state index is 12.4. The molecule has 3 rings (SSSR count). The summed E-state index contributed by atoms with van der Waals surface area (Å²) in [4.78, 5) is 20.8. The van der Waals surface area contributed by atoms with Gasteiger partial charge in [0.1, 0.15) is 17.2 Å². The van der Waals surface area contributed by atoms with Crippen LogP contribution in [0.3, 0.4) is 0 Å². The van der Waals surface area contributed by atoms with E-state index in [4.69, 9.17) is 9.47 Å². The van der Waals surface area contributed by atoms with Crippen molar-refractivity contribution in [1.82, 2.24) is 15.4 Å². The van der Waals surface area contributed by atoms with Crippen LogP contribution in [0.25, 0.3) is 11.3 Å². The first-order chi connectivity index (χ1) is 14.2. The van der Waals surface area contributed by atoms with Gasteiger partial charge in [-0.1, -0.05) is 19.1 Å². The van der Waals surface area contributed by atoms with Gasteiger partial charge >= 0.3 is 0 Å². The lowest BCUT2D eigenvalue weighted by atomic mass is 10.1. The van der Waals surface area contributed by atoms with Crippen molar-refractivity contribution in [2.24, 2.45) is 5.10 Å². The summed E-state index contributed by atoms with van der Waals surface area (Å²) in [5.41, 5.74) is 4.89. The number of hydrogen-bond acceptors (Lipinski definition) is 6. The molecule has 0 bridgehead atoms. The van der Waals surface area contributed by atoms with E-state index in [1.807, 2.05) is 55.5 Å². The van der Waals surface area contributed by atoms with Gasteiger partial charge in [-0.15, -0.1) is 0 Å². The third-order valence-electron chi connectivity index (χ3n) is 3.96. The van der Waals surface area contributed by atoms with E-state index in [2.05, 4.69) is 20.5 Å². The van der Waals surface area contributed by atoms with Gasteiger partial charge in [0.15, 0.2) is 0 Å². The number of hydrogen-bond donors (Lipinski definition) is 1. The van der Waals surface area contributed by atoms with Crippen molar-refractivity contribution in [2.75, 3.05) is 13.7 Å². The maximum atomic E-state index is 12.4. The highest BCUT2D eigenvalue weighted by molar-refractivity contribution is 5.93. The molecule has 0 radical (unpaired) electrons. The molecule has 0 unspecified atom stereocenters. The first-order valence-electron chi connectivity index (χ1n) is 9.22. The molecule has 1 aromatic heterocycles. The normalized spacial score (nSPS) is 10.7. The Balaban J connectivity index is 1.65. The zero-order chi connectivity index (χ0) is 20.5. The second-order valence-electron chi connectivity index (χ2n) is 6.14. The molecule has 0 fully saturated rings. The molecule has 148 valence electrons. The molecule has 1 N–H and O–H groups in total. The molecule has 3 aromatic rings. The summed E-state index contributed by atoms with van der Waals surface area (Å²) < 4.78 is 10.7. The van der Waals surface area contributed by atoms with Crippen molar-refractivity contribution in [3.05, 3.63) is 72.2 Å². The van der Waals surface area contributed by atoms with Gasteiger partial charge in [0.25, 0.3) is 5.91 Å². The van der Waals surface area contributed by atoms with Crippen LogP contribution in [0.4, 0.5) is 0 Å². The summed E-state index contributed by atoms with van der Waals surface area (Å²) in [6.07, 6.45) is 5.49. The number of carbonyl (C=O) groups excluding carboxylic acids is 1. The predicted molar refractivity (Wildman–Crippen MR) is 111 cm³/mol. The number of nitrogens with one attached hydrogen (secondary N) is 1. The second-order valence-corrected chi connectivity index (χ2v) is 6.14. The monoisotopic (exact) mass is 390 g/mol. The van der Waals surface area contributed by atoms with E-state index in [1.54, 1.807) is 19.5 Å². The lowest BCUT2D eigenvalue weighted by Gasteiger charge is -2.05. The highest BCUT2D eigenvalue weighted by atomic mass is 16.5. The molecule has 7 nitrogen and oxygen atoms in total. The summed E-state index contributed by atoms with van der Waals surface area (Å²) >= 11 is 0. The molecular formula is C22H22N4O3. The maximum Gasteiger partial charge on any atom is 0.291 e. The van der Waals surface area contributed by atoms with Crippen LogP contribution in [0.1, 0.15) is 29.4 Å². The van der Waals surface area contributed by atoms with Crippen molar-refractivity contribution in [3.63, 3.8) is 0 Å². The Kier molecular flexibility index (Phi) is 6.89. The Bertz CT molecular complexity index is 987. The van der Waals surface area contributed by atoms with Crippen molar-refractivity contribution in [2.45, 2.75) is 13.3 Å². The third-order valence-corrected chi connectivity index (χ3v) is 3.96. The summed E-state index contributed by atoms with van der Waals surface area (Å²) in [6, 6.07) is 14.9. The van der Waals surface area contributed by atoms with Crippen LogP contribution in [0.2, 0.25) is 0 Å². The highest BCUT2D eigenvalue weighted by Gasteiger charge is 2.09. The molecule has 0 spiro atoms. The van der Waals surface area contributed by atoms with Gasteiger partial charge in [0, 0.05) is 5.56 Å². The van der Waals surface area contributed by atoms with Crippen LogP contribution in [-0.4, -0.2) is 35.8 Å². The number of carbonyl (C=O) groups is 1. The van der Waals surface area contributed by atoms with Gasteiger partial charge < -0.3 is 9.47 Å². The zero-order valence-electron chi connectivity index (χ0n) is 16.3. The van der Waals surface area contributed by atoms with Crippen molar-refractivity contribution in [1.29, 1.82) is 0 Å². The Labute approximate surface area is 169 Å². The predicted octanol–water partition coefficient (Wildman–Crippen LogP) is 3.70. The minimum absolute atomic E-state index is 0.176. The average molecular weight is 390 g/mol.